The molecular weight excluding hydrogens is 274 g/mol. The van der Waals surface area contributed by atoms with E-state index in [2.05, 4.69) is 17.1 Å². The number of sulfonamides is 1. The van der Waals surface area contributed by atoms with E-state index in [0.29, 0.717) is 12.0 Å². The van der Waals surface area contributed by atoms with E-state index in [1.165, 1.54) is 0 Å². The first-order valence-corrected chi connectivity index (χ1v) is 8.52. The van der Waals surface area contributed by atoms with Gasteiger partial charge in [-0.2, -0.15) is 0 Å². The molecule has 1 aliphatic heterocycles. The van der Waals surface area contributed by atoms with Crippen molar-refractivity contribution in [1.82, 2.24) is 5.32 Å². The first-order chi connectivity index (χ1) is 9.43. The van der Waals surface area contributed by atoms with Crippen molar-refractivity contribution in [3.63, 3.8) is 0 Å². The fourth-order valence-corrected chi connectivity index (χ4v) is 3.59. The minimum Gasteiger partial charge on any atom is -0.370 e. The summed E-state index contributed by atoms with van der Waals surface area (Å²) in [6, 6.07) is 7.46. The Labute approximate surface area is 121 Å². The number of piperidine rings is 1. The van der Waals surface area contributed by atoms with Gasteiger partial charge in [0.05, 0.1) is 5.69 Å². The zero-order valence-electron chi connectivity index (χ0n) is 12.0. The standard InChI is InChI=1S/C14H23N3O2S/c1-11(16-2)12-7-9-17(10-8-12)13-5-3-4-6-14(13)20(15,18)19/h3-6,11-12,16H,7-10H2,1-2H3,(H2,15,18,19). The highest BCUT2D eigenvalue weighted by atomic mass is 32.2. The second-order valence-corrected chi connectivity index (χ2v) is 6.94. The molecule has 5 nitrogen and oxygen atoms in total. The lowest BCUT2D eigenvalue weighted by Crippen LogP contribution is -2.41. The van der Waals surface area contributed by atoms with Crippen LogP contribution in [0.2, 0.25) is 0 Å². The minimum absolute atomic E-state index is 0.222. The van der Waals surface area contributed by atoms with Crippen LogP contribution >= 0.6 is 0 Å². The lowest BCUT2D eigenvalue weighted by Gasteiger charge is -2.36. The highest BCUT2D eigenvalue weighted by molar-refractivity contribution is 7.89. The molecule has 1 saturated heterocycles. The maximum absolute atomic E-state index is 11.7. The van der Waals surface area contributed by atoms with Gasteiger partial charge in [0.25, 0.3) is 0 Å². The number of primary sulfonamides is 1. The molecule has 1 unspecified atom stereocenters. The number of para-hydroxylation sites is 1. The summed E-state index contributed by atoms with van der Waals surface area (Å²) in [5.74, 6) is 0.637. The zero-order valence-corrected chi connectivity index (χ0v) is 12.9. The molecular formula is C14H23N3O2S. The third-order valence-electron chi connectivity index (χ3n) is 4.21. The molecule has 20 heavy (non-hydrogen) atoms. The fraction of sp³-hybridized carbons (Fsp3) is 0.571. The van der Waals surface area contributed by atoms with Gasteiger partial charge < -0.3 is 10.2 Å². The number of nitrogens with one attached hydrogen (secondary N) is 1. The van der Waals surface area contributed by atoms with Crippen molar-refractivity contribution in [3.05, 3.63) is 24.3 Å². The van der Waals surface area contributed by atoms with Gasteiger partial charge in [-0.25, -0.2) is 13.6 Å². The third kappa shape index (κ3) is 3.31. The lowest BCUT2D eigenvalue weighted by atomic mass is 9.90. The van der Waals surface area contributed by atoms with E-state index >= 15 is 0 Å². The molecule has 3 N–H and O–H groups in total. The van der Waals surface area contributed by atoms with Crippen LogP contribution < -0.4 is 15.4 Å². The van der Waals surface area contributed by atoms with Crippen LogP contribution in [0.15, 0.2) is 29.2 Å². The van der Waals surface area contributed by atoms with E-state index in [4.69, 9.17) is 5.14 Å². The molecule has 0 aromatic heterocycles. The summed E-state index contributed by atoms with van der Waals surface area (Å²) < 4.78 is 23.3. The fourth-order valence-electron chi connectivity index (χ4n) is 2.84. The Bertz CT molecular complexity index is 551. The molecule has 0 spiro atoms. The average molecular weight is 297 g/mol. The first kappa shape index (κ1) is 15.3. The number of anilines is 1. The maximum atomic E-state index is 11.7. The van der Waals surface area contributed by atoms with Gasteiger partial charge in [0, 0.05) is 19.1 Å². The van der Waals surface area contributed by atoms with Crippen molar-refractivity contribution >= 4 is 15.7 Å². The second kappa shape index (κ2) is 6.11. The Morgan fingerprint density at radius 1 is 1.30 bits per heavy atom. The number of nitrogens with two attached hydrogens (primary N) is 1. The molecule has 0 aliphatic carbocycles. The van der Waals surface area contributed by atoms with Crippen LogP contribution in [0.4, 0.5) is 5.69 Å². The summed E-state index contributed by atoms with van der Waals surface area (Å²) in [6.45, 7) is 3.92. The number of hydrogen-bond donors (Lipinski definition) is 2. The van der Waals surface area contributed by atoms with Gasteiger partial charge in [0.2, 0.25) is 10.0 Å². The summed E-state index contributed by atoms with van der Waals surface area (Å²) in [5, 5.41) is 8.59. The van der Waals surface area contributed by atoms with E-state index in [1.54, 1.807) is 12.1 Å². The Kier molecular flexibility index (Phi) is 4.67. The molecule has 0 amide bonds. The van der Waals surface area contributed by atoms with Gasteiger partial charge in [-0.1, -0.05) is 12.1 Å². The largest absolute Gasteiger partial charge is 0.370 e. The Morgan fingerprint density at radius 3 is 2.45 bits per heavy atom. The third-order valence-corrected chi connectivity index (χ3v) is 5.17. The van der Waals surface area contributed by atoms with Gasteiger partial charge in [-0.15, -0.1) is 0 Å². The van der Waals surface area contributed by atoms with Crippen LogP contribution in [0.25, 0.3) is 0 Å². The molecule has 6 heteroatoms. The van der Waals surface area contributed by atoms with E-state index < -0.39 is 10.0 Å². The Balaban J connectivity index is 2.16. The summed E-state index contributed by atoms with van der Waals surface area (Å²) in [4.78, 5) is 2.35. The topological polar surface area (TPSA) is 75.4 Å². The molecule has 2 rings (SSSR count). The van der Waals surface area contributed by atoms with Crippen LogP contribution in [-0.2, 0) is 10.0 Å². The van der Waals surface area contributed by atoms with Crippen molar-refractivity contribution in [2.24, 2.45) is 11.1 Å². The highest BCUT2D eigenvalue weighted by Crippen LogP contribution is 2.29. The van der Waals surface area contributed by atoms with E-state index in [9.17, 15) is 8.42 Å². The molecule has 1 fully saturated rings. The van der Waals surface area contributed by atoms with Crippen molar-refractivity contribution < 1.29 is 8.42 Å². The Morgan fingerprint density at radius 2 is 1.90 bits per heavy atom. The maximum Gasteiger partial charge on any atom is 0.240 e. The van der Waals surface area contributed by atoms with Crippen LogP contribution in [0.1, 0.15) is 19.8 Å². The van der Waals surface area contributed by atoms with E-state index in [1.807, 2.05) is 19.2 Å². The average Bonchev–Trinajstić information content (AvgIpc) is 2.46. The van der Waals surface area contributed by atoms with Crippen molar-refractivity contribution in [2.75, 3.05) is 25.0 Å². The van der Waals surface area contributed by atoms with E-state index in [0.717, 1.165) is 31.6 Å². The number of rotatable bonds is 4. The Hall–Kier alpha value is -1.11. The molecule has 0 bridgehead atoms. The van der Waals surface area contributed by atoms with Gasteiger partial charge in [0.1, 0.15) is 4.90 Å². The number of hydrogen-bond acceptors (Lipinski definition) is 4. The monoisotopic (exact) mass is 297 g/mol. The summed E-state index contributed by atoms with van der Waals surface area (Å²) in [7, 11) is -1.69. The first-order valence-electron chi connectivity index (χ1n) is 6.97. The van der Waals surface area contributed by atoms with Crippen molar-refractivity contribution in [2.45, 2.75) is 30.7 Å². The van der Waals surface area contributed by atoms with Crippen molar-refractivity contribution in [3.8, 4) is 0 Å². The van der Waals surface area contributed by atoms with E-state index in [-0.39, 0.29) is 4.90 Å². The quantitative estimate of drug-likeness (QED) is 0.874. The van der Waals surface area contributed by atoms with Crippen LogP contribution in [-0.4, -0.2) is 34.6 Å². The summed E-state index contributed by atoms with van der Waals surface area (Å²) in [5.41, 5.74) is 0.727. The molecule has 0 saturated carbocycles. The lowest BCUT2D eigenvalue weighted by molar-refractivity contribution is 0.323. The second-order valence-electron chi connectivity index (χ2n) is 5.41. The summed E-state index contributed by atoms with van der Waals surface area (Å²) in [6.07, 6.45) is 2.11. The van der Waals surface area contributed by atoms with Gasteiger partial charge in [0.15, 0.2) is 0 Å². The van der Waals surface area contributed by atoms with Crippen LogP contribution in [0.5, 0.6) is 0 Å². The predicted molar refractivity (Wildman–Crippen MR) is 81.3 cm³/mol. The van der Waals surface area contributed by atoms with Gasteiger partial charge in [-0.05, 0) is 44.9 Å². The minimum atomic E-state index is -3.67. The van der Waals surface area contributed by atoms with Crippen LogP contribution in [0.3, 0.4) is 0 Å². The van der Waals surface area contributed by atoms with Crippen molar-refractivity contribution in [1.29, 1.82) is 0 Å². The van der Waals surface area contributed by atoms with Gasteiger partial charge in [-0.3, -0.25) is 0 Å². The molecule has 1 aromatic carbocycles. The molecule has 0 radical (unpaired) electrons. The molecule has 1 heterocycles. The number of nitrogens with zero attached hydrogens (tertiary/aromatic N) is 1. The smallest absolute Gasteiger partial charge is 0.240 e. The predicted octanol–water partition coefficient (Wildman–Crippen LogP) is 1.16. The van der Waals surface area contributed by atoms with Crippen LogP contribution in [0, 0.1) is 5.92 Å². The van der Waals surface area contributed by atoms with Gasteiger partial charge >= 0.3 is 0 Å². The normalized spacial score (nSPS) is 19.1. The molecule has 1 atom stereocenters. The number of benzene rings is 1. The summed E-state index contributed by atoms with van der Waals surface area (Å²) >= 11 is 0. The molecule has 112 valence electrons. The highest BCUT2D eigenvalue weighted by Gasteiger charge is 2.25. The SMILES string of the molecule is CNC(C)C1CCN(c2ccccc2S(N)(=O)=O)CC1. The molecule has 1 aromatic rings. The zero-order chi connectivity index (χ0) is 14.8. The molecule has 1 aliphatic rings.